The third kappa shape index (κ3) is 8.99. The van der Waals surface area contributed by atoms with E-state index in [1.54, 1.807) is 0 Å². The fourth-order valence-electron chi connectivity index (χ4n) is 5.60. The molecule has 4 aromatic carbocycles. The van der Waals surface area contributed by atoms with Crippen molar-refractivity contribution >= 4 is 7.92 Å². The first-order valence-corrected chi connectivity index (χ1v) is 16.5. The molecular formula is C41H42PRh. The van der Waals surface area contributed by atoms with E-state index in [9.17, 15) is 0 Å². The van der Waals surface area contributed by atoms with Crippen molar-refractivity contribution in [3.8, 4) is 0 Å². The molecule has 2 fully saturated rings. The Balaban J connectivity index is 0.000000409. The summed E-state index contributed by atoms with van der Waals surface area (Å²) in [6.45, 7) is 7.21. The van der Waals surface area contributed by atoms with Crippen LogP contribution in [0, 0.1) is 55.3 Å². The van der Waals surface area contributed by atoms with E-state index in [0.717, 1.165) is 0 Å². The van der Waals surface area contributed by atoms with Gasteiger partial charge in [0, 0.05) is 42.6 Å². The molecule has 0 bridgehead atoms. The van der Waals surface area contributed by atoms with Gasteiger partial charge in [0.15, 0.2) is 0 Å². The van der Waals surface area contributed by atoms with Crippen LogP contribution in [-0.2, 0) is 19.5 Å². The van der Waals surface area contributed by atoms with Gasteiger partial charge in [-0.3, -0.25) is 0 Å². The first-order valence-electron chi connectivity index (χ1n) is 15.2. The minimum atomic E-state index is -0.690. The summed E-state index contributed by atoms with van der Waals surface area (Å²) in [6, 6.07) is 43.8. The van der Waals surface area contributed by atoms with Crippen molar-refractivity contribution in [1.29, 1.82) is 0 Å². The smallest absolute Gasteiger partial charge is 0.0421 e. The van der Waals surface area contributed by atoms with Gasteiger partial charge in [-0.2, -0.15) is 0 Å². The summed E-state index contributed by atoms with van der Waals surface area (Å²) in [5.74, 6) is 2.68. The zero-order valence-electron chi connectivity index (χ0n) is 25.5. The van der Waals surface area contributed by atoms with Crippen LogP contribution in [0.2, 0.25) is 0 Å². The molecule has 1 heterocycles. The van der Waals surface area contributed by atoms with E-state index in [2.05, 4.69) is 174 Å². The largest absolute Gasteiger partial charge is 0.0747 e. The van der Waals surface area contributed by atoms with E-state index in [4.69, 9.17) is 0 Å². The third-order valence-electron chi connectivity index (χ3n) is 7.51. The molecule has 43 heavy (non-hydrogen) atoms. The Morgan fingerprint density at radius 3 is 0.977 bits per heavy atom. The number of benzene rings is 4. The Kier molecular flexibility index (Phi) is 13.3. The van der Waals surface area contributed by atoms with E-state index in [1.807, 2.05) is 0 Å². The molecule has 0 atom stereocenters. The van der Waals surface area contributed by atoms with Crippen LogP contribution < -0.4 is 0 Å². The molecule has 0 N–H and O–H groups in total. The quantitative estimate of drug-likeness (QED) is 0.150. The van der Waals surface area contributed by atoms with Crippen molar-refractivity contribution in [3.05, 3.63) is 199 Å². The summed E-state index contributed by atoms with van der Waals surface area (Å²) in [4.78, 5) is 0. The molecule has 0 amide bonds. The summed E-state index contributed by atoms with van der Waals surface area (Å²) < 4.78 is 0. The van der Waals surface area contributed by atoms with Gasteiger partial charge in [0.05, 0.1) is 0 Å². The van der Waals surface area contributed by atoms with Crippen molar-refractivity contribution in [2.24, 2.45) is 0 Å². The van der Waals surface area contributed by atoms with Crippen LogP contribution >= 0.6 is 7.92 Å². The summed E-state index contributed by atoms with van der Waals surface area (Å²) in [5, 5.41) is 0.0694. The van der Waals surface area contributed by atoms with Gasteiger partial charge >= 0.3 is 0 Å². The van der Waals surface area contributed by atoms with Gasteiger partial charge in [0.1, 0.15) is 0 Å². The van der Waals surface area contributed by atoms with Crippen LogP contribution in [0.25, 0.3) is 0 Å². The molecule has 10 radical (unpaired) electrons. The molecule has 1 saturated heterocycles. The maximum atomic E-state index is 2.44. The fourth-order valence-corrected chi connectivity index (χ4v) is 8.85. The van der Waals surface area contributed by atoms with Gasteiger partial charge in [-0.05, 0) is 85.2 Å². The Labute approximate surface area is 276 Å². The van der Waals surface area contributed by atoms with Crippen molar-refractivity contribution < 1.29 is 19.5 Å². The molecule has 0 spiro atoms. The van der Waals surface area contributed by atoms with Crippen LogP contribution in [0.1, 0.15) is 68.7 Å². The zero-order chi connectivity index (χ0) is 29.2. The Morgan fingerprint density at radius 1 is 0.419 bits per heavy atom. The van der Waals surface area contributed by atoms with Crippen molar-refractivity contribution in [1.82, 2.24) is 0 Å². The van der Waals surface area contributed by atoms with Gasteiger partial charge < -0.3 is 0 Å². The van der Waals surface area contributed by atoms with Crippen LogP contribution in [0.4, 0.5) is 0 Å². The summed E-state index contributed by atoms with van der Waals surface area (Å²) in [6.07, 6.45) is 16.4. The molecule has 0 nitrogen and oxygen atoms in total. The molecule has 1 aliphatic carbocycles. The van der Waals surface area contributed by atoms with Crippen molar-refractivity contribution in [3.63, 3.8) is 0 Å². The standard InChI is InChI=1S/C33H30P.C8H12.Rh/c1-33(2,3)34-31(27-20-12-6-13-21-27)29(25-16-8-4-9-17-25)24-30(26-18-10-5-11-19-26)32(34)28-22-14-7-15-23-28;1-2-4-6-8-7-5-3-1;/h4-24H,1-3H3;1-2,7-8H,3-6H2;. The Hall–Kier alpha value is -2.07. The van der Waals surface area contributed by atoms with E-state index in [-0.39, 0.29) is 24.6 Å². The number of hydrogen-bond acceptors (Lipinski definition) is 0. The van der Waals surface area contributed by atoms with E-state index in [0.29, 0.717) is 0 Å². The van der Waals surface area contributed by atoms with Crippen molar-refractivity contribution in [2.45, 2.75) is 51.6 Å². The van der Waals surface area contributed by atoms with Crippen LogP contribution in [0.15, 0.2) is 121 Å². The molecule has 1 aliphatic heterocycles. The van der Waals surface area contributed by atoms with E-state index >= 15 is 0 Å². The topological polar surface area (TPSA) is 0 Å². The van der Waals surface area contributed by atoms with Gasteiger partial charge in [-0.15, -0.1) is 0 Å². The number of hydrogen-bond donors (Lipinski definition) is 0. The second-order valence-corrected chi connectivity index (χ2v) is 14.6. The van der Waals surface area contributed by atoms with Gasteiger partial charge in [-0.25, -0.2) is 0 Å². The van der Waals surface area contributed by atoms with E-state index < -0.39 is 7.92 Å². The summed E-state index contributed by atoms with van der Waals surface area (Å²) in [5.41, 5.74) is 8.12. The first kappa shape index (κ1) is 33.8. The predicted octanol–water partition coefficient (Wildman–Crippen LogP) is 11.3. The zero-order valence-corrected chi connectivity index (χ0v) is 28.1. The fraction of sp³-hybridized carbons (Fsp3) is 0.195. The second kappa shape index (κ2) is 16.9. The average Bonchev–Trinajstić information content (AvgIpc) is 3.01. The SMILES string of the molecule is CC(C)(C)P1[C](c2ccccc2)[C](c2ccccc2)[CH][C](c2ccccc2)[C]1c1ccccc1.[CH]1[CH]CC[CH][CH]CC1.[Rh]. The molecule has 6 rings (SSSR count). The minimum absolute atomic E-state index is 0. The van der Waals surface area contributed by atoms with Crippen molar-refractivity contribution in [2.75, 3.05) is 0 Å². The monoisotopic (exact) mass is 668 g/mol. The van der Waals surface area contributed by atoms with Gasteiger partial charge in [0.25, 0.3) is 0 Å². The Bertz CT molecular complexity index is 1190. The molecule has 220 valence electrons. The number of rotatable bonds is 4. The minimum Gasteiger partial charge on any atom is -0.0747 e. The van der Waals surface area contributed by atoms with Crippen LogP contribution in [0.5, 0.6) is 0 Å². The Morgan fingerprint density at radius 2 is 0.698 bits per heavy atom. The first-order chi connectivity index (χ1) is 20.5. The van der Waals surface area contributed by atoms with Gasteiger partial charge in [-0.1, -0.05) is 150 Å². The maximum absolute atomic E-state index is 2.44. The predicted molar refractivity (Wildman–Crippen MR) is 182 cm³/mol. The molecule has 0 aromatic heterocycles. The normalized spacial score (nSPS) is 18.0. The maximum Gasteiger partial charge on any atom is 0.0421 e. The summed E-state index contributed by atoms with van der Waals surface area (Å²) >= 11 is 0. The summed E-state index contributed by atoms with van der Waals surface area (Å²) in [7, 11) is -0.690. The molecule has 2 heteroatoms. The molecule has 4 aromatic rings. The van der Waals surface area contributed by atoms with Gasteiger partial charge in [0.2, 0.25) is 0 Å². The average molecular weight is 669 g/mol. The molecule has 0 unspecified atom stereocenters. The third-order valence-corrected chi connectivity index (χ3v) is 10.7. The second-order valence-electron chi connectivity index (χ2n) is 11.7. The molecular weight excluding hydrogens is 626 g/mol. The van der Waals surface area contributed by atoms with Crippen LogP contribution in [-0.4, -0.2) is 5.16 Å². The van der Waals surface area contributed by atoms with Crippen LogP contribution in [0.3, 0.4) is 0 Å². The molecule has 1 saturated carbocycles. The van der Waals surface area contributed by atoms with E-state index in [1.165, 1.54) is 71.1 Å². The molecule has 2 aliphatic rings.